The minimum atomic E-state index is -1.26. The Morgan fingerprint density at radius 3 is 1.44 bits per heavy atom. The van der Waals surface area contributed by atoms with Crippen molar-refractivity contribution in [2.24, 2.45) is 5.73 Å². The molecular formula is C9H15NO6. The molecule has 0 aromatic carbocycles. The molecule has 0 saturated heterocycles. The fourth-order valence-corrected chi connectivity index (χ4v) is 0.444. The molecule has 0 rings (SSSR count). The van der Waals surface area contributed by atoms with Crippen molar-refractivity contribution in [2.45, 2.75) is 26.4 Å². The van der Waals surface area contributed by atoms with Crippen molar-refractivity contribution in [1.29, 1.82) is 0 Å². The van der Waals surface area contributed by atoms with Crippen LogP contribution in [0.3, 0.4) is 0 Å². The summed E-state index contributed by atoms with van der Waals surface area (Å²) in [5.74, 6) is -2.51. The van der Waals surface area contributed by atoms with Crippen molar-refractivity contribution >= 4 is 18.0 Å². The molecule has 0 saturated carbocycles. The Morgan fingerprint density at radius 2 is 1.38 bits per heavy atom. The maximum atomic E-state index is 10.0. The van der Waals surface area contributed by atoms with Gasteiger partial charge in [0.05, 0.1) is 0 Å². The van der Waals surface area contributed by atoms with E-state index in [1.165, 1.54) is 0 Å². The summed E-state index contributed by atoms with van der Waals surface area (Å²) in [7, 11) is 0. The summed E-state index contributed by atoms with van der Waals surface area (Å²) in [5.41, 5.74) is 4.26. The Hall–Kier alpha value is -2.05. The van der Waals surface area contributed by atoms with Crippen LogP contribution in [0.15, 0.2) is 12.2 Å². The fraction of sp³-hybridized carbons (Fsp3) is 0.444. The normalized spacial score (nSPS) is 10.2. The first-order valence-corrected chi connectivity index (χ1v) is 4.17. The van der Waals surface area contributed by atoms with E-state index in [1.54, 1.807) is 20.8 Å². The zero-order chi connectivity index (χ0) is 13.4. The van der Waals surface area contributed by atoms with Crippen molar-refractivity contribution in [3.05, 3.63) is 12.2 Å². The summed E-state index contributed by atoms with van der Waals surface area (Å²) in [5, 5.41) is 15.6. The van der Waals surface area contributed by atoms with Gasteiger partial charge in [0.25, 0.3) is 0 Å². The molecule has 0 bridgehead atoms. The Kier molecular flexibility index (Phi) is 7.44. The minimum Gasteiger partial charge on any atom is -0.478 e. The van der Waals surface area contributed by atoms with Crippen LogP contribution in [0.1, 0.15) is 20.8 Å². The number of hydrogen-bond acceptors (Lipinski definition) is 4. The van der Waals surface area contributed by atoms with Crippen LogP contribution in [0, 0.1) is 0 Å². The van der Waals surface area contributed by atoms with Gasteiger partial charge < -0.3 is 20.7 Å². The molecule has 16 heavy (non-hydrogen) atoms. The Bertz CT molecular complexity index is 273. The molecule has 0 atom stereocenters. The van der Waals surface area contributed by atoms with Crippen LogP contribution in [-0.4, -0.2) is 33.8 Å². The van der Waals surface area contributed by atoms with Crippen LogP contribution in [0.5, 0.6) is 0 Å². The van der Waals surface area contributed by atoms with Gasteiger partial charge in [0.15, 0.2) is 0 Å². The zero-order valence-corrected chi connectivity index (χ0v) is 9.26. The third kappa shape index (κ3) is 22.7. The SMILES string of the molecule is CC(C)(C)OC(N)=O.O=C(O)/C=C/C(=O)O. The highest BCUT2D eigenvalue weighted by molar-refractivity contribution is 5.89. The maximum absolute atomic E-state index is 10.0. The number of nitrogens with two attached hydrogens (primary N) is 1. The van der Waals surface area contributed by atoms with Crippen LogP contribution < -0.4 is 5.73 Å². The number of hydrogen-bond donors (Lipinski definition) is 3. The van der Waals surface area contributed by atoms with Gasteiger partial charge in [0.1, 0.15) is 5.60 Å². The lowest BCUT2D eigenvalue weighted by Crippen LogP contribution is -2.27. The highest BCUT2D eigenvalue weighted by Crippen LogP contribution is 2.04. The van der Waals surface area contributed by atoms with Crippen LogP contribution in [-0.2, 0) is 14.3 Å². The van der Waals surface area contributed by atoms with Crippen molar-refractivity contribution in [2.75, 3.05) is 0 Å². The molecule has 7 nitrogen and oxygen atoms in total. The van der Waals surface area contributed by atoms with Gasteiger partial charge in [0, 0.05) is 12.2 Å². The number of amides is 1. The van der Waals surface area contributed by atoms with E-state index in [2.05, 4.69) is 4.74 Å². The Labute approximate surface area is 92.5 Å². The van der Waals surface area contributed by atoms with E-state index in [1.807, 2.05) is 0 Å². The van der Waals surface area contributed by atoms with E-state index in [0.29, 0.717) is 12.2 Å². The fourth-order valence-electron chi connectivity index (χ4n) is 0.444. The molecule has 0 unspecified atom stereocenters. The lowest BCUT2D eigenvalue weighted by molar-refractivity contribution is -0.134. The lowest BCUT2D eigenvalue weighted by atomic mass is 10.2. The summed E-state index contributed by atoms with van der Waals surface area (Å²) in [6, 6.07) is 0. The third-order valence-electron chi connectivity index (χ3n) is 0.775. The van der Waals surface area contributed by atoms with Gasteiger partial charge in [-0.2, -0.15) is 0 Å². The number of carboxylic acid groups (broad SMARTS) is 2. The van der Waals surface area contributed by atoms with Crippen LogP contribution in [0.25, 0.3) is 0 Å². The molecule has 7 heteroatoms. The monoisotopic (exact) mass is 233 g/mol. The number of ether oxygens (including phenoxy) is 1. The van der Waals surface area contributed by atoms with Gasteiger partial charge in [0.2, 0.25) is 0 Å². The molecule has 1 amide bonds. The van der Waals surface area contributed by atoms with Crippen LogP contribution >= 0.6 is 0 Å². The molecule has 0 heterocycles. The quantitative estimate of drug-likeness (QED) is 0.599. The molecule has 0 aliphatic rings. The van der Waals surface area contributed by atoms with Crippen molar-refractivity contribution in [3.8, 4) is 0 Å². The van der Waals surface area contributed by atoms with Gasteiger partial charge in [-0.1, -0.05) is 0 Å². The van der Waals surface area contributed by atoms with Crippen LogP contribution in [0.4, 0.5) is 4.79 Å². The lowest BCUT2D eigenvalue weighted by Gasteiger charge is -2.16. The van der Waals surface area contributed by atoms with Gasteiger partial charge >= 0.3 is 18.0 Å². The number of primary amides is 1. The second-order valence-electron chi connectivity index (χ2n) is 3.54. The van der Waals surface area contributed by atoms with E-state index < -0.39 is 23.6 Å². The predicted octanol–water partition coefficient (Wildman–Crippen LogP) is 0.592. The van der Waals surface area contributed by atoms with E-state index in [9.17, 15) is 14.4 Å². The topological polar surface area (TPSA) is 127 Å². The van der Waals surface area contributed by atoms with E-state index in [4.69, 9.17) is 15.9 Å². The first-order valence-electron chi connectivity index (χ1n) is 4.17. The standard InChI is InChI=1S/C5H11NO2.C4H4O4/c1-5(2,3)8-4(6)7;5-3(6)1-2-4(7)8/h1-3H3,(H2,6,7);1-2H,(H,5,6)(H,7,8)/b;2-1+. The zero-order valence-electron chi connectivity index (χ0n) is 9.26. The van der Waals surface area contributed by atoms with Crippen molar-refractivity contribution < 1.29 is 29.3 Å². The van der Waals surface area contributed by atoms with Crippen molar-refractivity contribution in [3.63, 3.8) is 0 Å². The average molecular weight is 233 g/mol. The largest absolute Gasteiger partial charge is 0.478 e. The molecule has 0 aliphatic carbocycles. The van der Waals surface area contributed by atoms with Gasteiger partial charge in [-0.3, -0.25) is 0 Å². The van der Waals surface area contributed by atoms with Crippen LogP contribution in [0.2, 0.25) is 0 Å². The molecule has 0 fully saturated rings. The molecule has 0 aliphatic heterocycles. The number of aliphatic carboxylic acids is 2. The number of carbonyl (C=O) groups excluding carboxylic acids is 1. The highest BCUT2D eigenvalue weighted by atomic mass is 16.6. The van der Waals surface area contributed by atoms with Crippen molar-refractivity contribution in [1.82, 2.24) is 0 Å². The number of carboxylic acids is 2. The molecule has 4 N–H and O–H groups in total. The van der Waals surface area contributed by atoms with E-state index in [-0.39, 0.29) is 0 Å². The van der Waals surface area contributed by atoms with Gasteiger partial charge in [-0.15, -0.1) is 0 Å². The highest BCUT2D eigenvalue weighted by Gasteiger charge is 2.12. The summed E-state index contributed by atoms with van der Waals surface area (Å²) in [4.78, 5) is 29.1. The van der Waals surface area contributed by atoms with E-state index in [0.717, 1.165) is 0 Å². The van der Waals surface area contributed by atoms with Gasteiger partial charge in [-0.05, 0) is 20.8 Å². The Morgan fingerprint density at radius 1 is 1.06 bits per heavy atom. The summed E-state index contributed by atoms with van der Waals surface area (Å²) in [6.07, 6.45) is 0.391. The molecule has 0 aromatic heterocycles. The first-order chi connectivity index (χ1) is 7.04. The molecule has 92 valence electrons. The molecule has 0 spiro atoms. The predicted molar refractivity (Wildman–Crippen MR) is 54.8 cm³/mol. The summed E-state index contributed by atoms with van der Waals surface area (Å²) in [6.45, 7) is 5.28. The number of rotatable bonds is 2. The smallest absolute Gasteiger partial charge is 0.405 e. The summed E-state index contributed by atoms with van der Waals surface area (Å²) >= 11 is 0. The third-order valence-corrected chi connectivity index (χ3v) is 0.775. The first kappa shape index (κ1) is 16.4. The second kappa shape index (κ2) is 7.27. The summed E-state index contributed by atoms with van der Waals surface area (Å²) < 4.78 is 4.58. The molecular weight excluding hydrogens is 218 g/mol. The van der Waals surface area contributed by atoms with E-state index >= 15 is 0 Å². The Balaban J connectivity index is 0. The minimum absolute atomic E-state index is 0.453. The van der Waals surface area contributed by atoms with Gasteiger partial charge in [-0.25, -0.2) is 14.4 Å². The average Bonchev–Trinajstić information content (AvgIpc) is 1.96. The molecule has 0 radical (unpaired) electrons. The molecule has 0 aromatic rings. The number of carbonyl (C=O) groups is 3. The second-order valence-corrected chi connectivity index (χ2v) is 3.54. The maximum Gasteiger partial charge on any atom is 0.405 e.